The minimum absolute atomic E-state index is 0.0723. The highest BCUT2D eigenvalue weighted by atomic mass is 32.2. The summed E-state index contributed by atoms with van der Waals surface area (Å²) >= 11 is 1.65. The van der Waals surface area contributed by atoms with Crippen LogP contribution in [0.2, 0.25) is 0 Å². The summed E-state index contributed by atoms with van der Waals surface area (Å²) in [5.41, 5.74) is 0.811. The lowest BCUT2D eigenvalue weighted by Gasteiger charge is -2.13. The van der Waals surface area contributed by atoms with Crippen LogP contribution in [0.4, 0.5) is 5.69 Å². The molecule has 18 heavy (non-hydrogen) atoms. The summed E-state index contributed by atoms with van der Waals surface area (Å²) in [4.78, 5) is 13.2. The molecular weight excluding hydrogens is 246 g/mol. The van der Waals surface area contributed by atoms with Crippen LogP contribution in [0.1, 0.15) is 13.0 Å². The van der Waals surface area contributed by atoms with Crippen molar-refractivity contribution in [1.82, 2.24) is 9.78 Å². The number of hydrogen-bond donors (Lipinski definition) is 1. The molecule has 4 nitrogen and oxygen atoms in total. The Morgan fingerprint density at radius 3 is 2.94 bits per heavy atom. The summed E-state index contributed by atoms with van der Waals surface area (Å²) in [6.45, 7) is 1.82. The SMILES string of the molecule is CSc1cccc(NC(=O)C(C)n2cccn2)c1. The van der Waals surface area contributed by atoms with Gasteiger partial charge in [-0.2, -0.15) is 5.10 Å². The second-order valence-corrected chi connectivity index (χ2v) is 4.76. The quantitative estimate of drug-likeness (QED) is 0.861. The number of benzene rings is 1. The molecule has 0 bridgehead atoms. The van der Waals surface area contributed by atoms with Gasteiger partial charge in [-0.1, -0.05) is 6.07 Å². The minimum Gasteiger partial charge on any atom is -0.324 e. The molecule has 94 valence electrons. The summed E-state index contributed by atoms with van der Waals surface area (Å²) < 4.78 is 1.63. The number of carbonyl (C=O) groups is 1. The largest absolute Gasteiger partial charge is 0.324 e. The molecule has 1 amide bonds. The lowest BCUT2D eigenvalue weighted by Crippen LogP contribution is -2.23. The summed E-state index contributed by atoms with van der Waals surface area (Å²) in [5, 5.41) is 6.96. The van der Waals surface area contributed by atoms with Gasteiger partial charge in [0, 0.05) is 23.0 Å². The topological polar surface area (TPSA) is 46.9 Å². The molecule has 2 rings (SSSR count). The lowest BCUT2D eigenvalue weighted by molar-refractivity contribution is -0.119. The Labute approximate surface area is 110 Å². The number of nitrogens with zero attached hydrogens (tertiary/aromatic N) is 2. The zero-order valence-electron chi connectivity index (χ0n) is 10.3. The molecule has 0 spiro atoms. The Morgan fingerprint density at radius 2 is 2.28 bits per heavy atom. The van der Waals surface area contributed by atoms with Crippen LogP contribution in [0.5, 0.6) is 0 Å². The van der Waals surface area contributed by atoms with E-state index in [1.807, 2.05) is 37.4 Å². The van der Waals surface area contributed by atoms with Crippen LogP contribution in [-0.2, 0) is 4.79 Å². The highest BCUT2D eigenvalue weighted by molar-refractivity contribution is 7.98. The monoisotopic (exact) mass is 261 g/mol. The smallest absolute Gasteiger partial charge is 0.248 e. The van der Waals surface area contributed by atoms with Crippen molar-refractivity contribution < 1.29 is 4.79 Å². The first kappa shape index (κ1) is 12.7. The molecular formula is C13H15N3OS. The maximum atomic E-state index is 12.0. The average Bonchev–Trinajstić information content (AvgIpc) is 2.92. The molecule has 0 aliphatic heterocycles. The standard InChI is InChI=1S/C13H15N3OS/c1-10(16-8-4-7-14-16)13(17)15-11-5-3-6-12(9-11)18-2/h3-10H,1-2H3,(H,15,17). The predicted molar refractivity (Wildman–Crippen MR) is 73.8 cm³/mol. The van der Waals surface area contributed by atoms with Crippen molar-refractivity contribution in [2.24, 2.45) is 0 Å². The zero-order chi connectivity index (χ0) is 13.0. The number of anilines is 1. The van der Waals surface area contributed by atoms with Crippen LogP contribution in [0.25, 0.3) is 0 Å². The molecule has 1 unspecified atom stereocenters. The summed E-state index contributed by atoms with van der Waals surface area (Å²) in [5.74, 6) is -0.0723. The normalized spacial score (nSPS) is 12.1. The maximum absolute atomic E-state index is 12.0. The number of carbonyl (C=O) groups excluding carboxylic acids is 1. The third-order valence-corrected chi connectivity index (χ3v) is 3.36. The average molecular weight is 261 g/mol. The predicted octanol–water partition coefficient (Wildman–Crippen LogP) is 2.80. The van der Waals surface area contributed by atoms with Crippen LogP contribution >= 0.6 is 11.8 Å². The third-order valence-electron chi connectivity index (χ3n) is 2.64. The Kier molecular flexibility index (Phi) is 4.04. The van der Waals surface area contributed by atoms with Crippen molar-refractivity contribution in [2.75, 3.05) is 11.6 Å². The molecule has 5 heteroatoms. The molecule has 0 fully saturated rings. The highest BCUT2D eigenvalue weighted by Gasteiger charge is 2.14. The van der Waals surface area contributed by atoms with E-state index in [4.69, 9.17) is 0 Å². The van der Waals surface area contributed by atoms with Gasteiger partial charge in [0.15, 0.2) is 0 Å². The molecule has 0 saturated heterocycles. The molecule has 0 aliphatic rings. The van der Waals surface area contributed by atoms with Crippen molar-refractivity contribution in [3.8, 4) is 0 Å². The Balaban J connectivity index is 2.06. The van der Waals surface area contributed by atoms with Gasteiger partial charge in [-0.05, 0) is 37.4 Å². The van der Waals surface area contributed by atoms with Crippen molar-refractivity contribution in [1.29, 1.82) is 0 Å². The first-order chi connectivity index (χ1) is 8.70. The number of amides is 1. The fraction of sp³-hybridized carbons (Fsp3) is 0.231. The van der Waals surface area contributed by atoms with Crippen LogP contribution in [0, 0.1) is 0 Å². The number of thioether (sulfide) groups is 1. The van der Waals surface area contributed by atoms with Gasteiger partial charge < -0.3 is 5.32 Å². The molecule has 1 aromatic heterocycles. The van der Waals surface area contributed by atoms with E-state index in [2.05, 4.69) is 10.4 Å². The van der Waals surface area contributed by atoms with Crippen molar-refractivity contribution >= 4 is 23.4 Å². The van der Waals surface area contributed by atoms with E-state index in [1.54, 1.807) is 34.9 Å². The molecule has 1 N–H and O–H groups in total. The summed E-state index contributed by atoms with van der Waals surface area (Å²) in [6, 6.07) is 9.26. The van der Waals surface area contributed by atoms with Crippen LogP contribution in [-0.4, -0.2) is 21.9 Å². The maximum Gasteiger partial charge on any atom is 0.248 e. The molecule has 0 aliphatic carbocycles. The molecule has 1 aromatic carbocycles. The first-order valence-electron chi connectivity index (χ1n) is 5.65. The molecule has 0 saturated carbocycles. The summed E-state index contributed by atoms with van der Waals surface area (Å²) in [7, 11) is 0. The van der Waals surface area contributed by atoms with Gasteiger partial charge in [0.2, 0.25) is 5.91 Å². The summed E-state index contributed by atoms with van der Waals surface area (Å²) in [6.07, 6.45) is 5.45. The number of rotatable bonds is 4. The van der Waals surface area contributed by atoms with Gasteiger partial charge in [0.1, 0.15) is 6.04 Å². The van der Waals surface area contributed by atoms with E-state index in [-0.39, 0.29) is 11.9 Å². The molecule has 0 radical (unpaired) electrons. The van der Waals surface area contributed by atoms with Gasteiger partial charge in [-0.15, -0.1) is 11.8 Å². The Hall–Kier alpha value is -1.75. The van der Waals surface area contributed by atoms with E-state index in [0.717, 1.165) is 10.6 Å². The van der Waals surface area contributed by atoms with Gasteiger partial charge in [0.25, 0.3) is 0 Å². The van der Waals surface area contributed by atoms with E-state index >= 15 is 0 Å². The zero-order valence-corrected chi connectivity index (χ0v) is 11.1. The van der Waals surface area contributed by atoms with E-state index in [9.17, 15) is 4.79 Å². The van der Waals surface area contributed by atoms with Crippen molar-refractivity contribution in [3.63, 3.8) is 0 Å². The second kappa shape index (κ2) is 5.73. The first-order valence-corrected chi connectivity index (χ1v) is 6.87. The van der Waals surface area contributed by atoms with Crippen LogP contribution < -0.4 is 5.32 Å². The van der Waals surface area contributed by atoms with Gasteiger partial charge in [-0.25, -0.2) is 0 Å². The fourth-order valence-electron chi connectivity index (χ4n) is 1.58. The number of aromatic nitrogens is 2. The van der Waals surface area contributed by atoms with Gasteiger partial charge >= 0.3 is 0 Å². The van der Waals surface area contributed by atoms with Crippen molar-refractivity contribution in [3.05, 3.63) is 42.7 Å². The van der Waals surface area contributed by atoms with Crippen LogP contribution in [0.15, 0.2) is 47.6 Å². The third kappa shape index (κ3) is 2.92. The van der Waals surface area contributed by atoms with Gasteiger partial charge in [-0.3, -0.25) is 9.48 Å². The second-order valence-electron chi connectivity index (χ2n) is 3.88. The van der Waals surface area contributed by atoms with Crippen molar-refractivity contribution in [2.45, 2.75) is 17.9 Å². The van der Waals surface area contributed by atoms with E-state index in [1.165, 1.54) is 0 Å². The van der Waals surface area contributed by atoms with Crippen LogP contribution in [0.3, 0.4) is 0 Å². The Bertz CT molecular complexity index is 525. The van der Waals surface area contributed by atoms with Gasteiger partial charge in [0.05, 0.1) is 0 Å². The molecule has 1 heterocycles. The fourth-order valence-corrected chi connectivity index (χ4v) is 2.04. The van der Waals surface area contributed by atoms with E-state index < -0.39 is 0 Å². The number of nitrogens with one attached hydrogen (secondary N) is 1. The lowest BCUT2D eigenvalue weighted by atomic mass is 10.2. The van der Waals surface area contributed by atoms with E-state index in [0.29, 0.717) is 0 Å². The minimum atomic E-state index is -0.321. The highest BCUT2D eigenvalue weighted by Crippen LogP contribution is 2.19. The number of hydrogen-bond acceptors (Lipinski definition) is 3. The molecule has 2 aromatic rings. The molecule has 1 atom stereocenters. The Morgan fingerprint density at radius 1 is 1.44 bits per heavy atom.